The van der Waals surface area contributed by atoms with Gasteiger partial charge in [0.05, 0.1) is 5.52 Å². The first-order chi connectivity index (χ1) is 18.8. The van der Waals surface area contributed by atoms with Crippen molar-refractivity contribution in [3.63, 3.8) is 0 Å². The minimum Gasteiger partial charge on any atom is -0.474 e. The van der Waals surface area contributed by atoms with Gasteiger partial charge in [-0.15, -0.1) is 0 Å². The minimum atomic E-state index is -0.476. The molecule has 3 aromatic heterocycles. The third kappa shape index (κ3) is 4.95. The van der Waals surface area contributed by atoms with Crippen molar-refractivity contribution in [2.24, 2.45) is 11.7 Å². The van der Waals surface area contributed by atoms with Crippen molar-refractivity contribution in [1.82, 2.24) is 24.7 Å². The number of rotatable bonds is 6. The molecule has 2 aliphatic rings. The summed E-state index contributed by atoms with van der Waals surface area (Å²) >= 11 is 0. The molecule has 0 aliphatic carbocycles. The Hall–Kier alpha value is -3.60. The zero-order chi connectivity index (χ0) is 27.3. The predicted molar refractivity (Wildman–Crippen MR) is 142 cm³/mol. The van der Waals surface area contributed by atoms with Crippen molar-refractivity contribution >= 4 is 17.2 Å². The molecular weight excluding hydrogens is 504 g/mol. The van der Waals surface area contributed by atoms with Crippen molar-refractivity contribution in [2.75, 3.05) is 18.0 Å². The summed E-state index contributed by atoms with van der Waals surface area (Å²) < 4.78 is 42.1. The van der Waals surface area contributed by atoms with E-state index >= 15 is 0 Å². The normalized spacial score (nSPS) is 20.9. The maximum atomic E-state index is 14.5. The maximum absolute atomic E-state index is 14.5. The molecule has 1 aromatic carbocycles. The Morgan fingerprint density at radius 3 is 2.59 bits per heavy atom. The van der Waals surface area contributed by atoms with E-state index in [9.17, 15) is 8.78 Å². The van der Waals surface area contributed by atoms with Crippen LogP contribution in [0.2, 0.25) is 0 Å². The lowest BCUT2D eigenvalue weighted by atomic mass is 9.86. The Kier molecular flexibility index (Phi) is 6.70. The fourth-order valence-corrected chi connectivity index (χ4v) is 5.73. The van der Waals surface area contributed by atoms with Gasteiger partial charge in [0, 0.05) is 50.0 Å². The Balaban J connectivity index is 1.13. The highest BCUT2D eigenvalue weighted by Crippen LogP contribution is 2.34. The number of hydrogen-bond acceptors (Lipinski definition) is 8. The van der Waals surface area contributed by atoms with Crippen LogP contribution in [-0.2, 0) is 13.0 Å². The summed E-state index contributed by atoms with van der Waals surface area (Å²) in [6.45, 7) is 8.26. The van der Waals surface area contributed by atoms with Gasteiger partial charge in [-0.1, -0.05) is 19.0 Å². The van der Waals surface area contributed by atoms with Gasteiger partial charge in [-0.3, -0.25) is 0 Å². The second-order valence-corrected chi connectivity index (χ2v) is 11.0. The molecule has 0 unspecified atom stereocenters. The van der Waals surface area contributed by atoms with Crippen LogP contribution in [0.4, 0.5) is 14.8 Å². The number of nitrogens with zero attached hydrogens (tertiary/aromatic N) is 6. The van der Waals surface area contributed by atoms with Gasteiger partial charge < -0.3 is 24.5 Å². The largest absolute Gasteiger partial charge is 0.474 e. The lowest BCUT2D eigenvalue weighted by Crippen LogP contribution is -2.39. The first kappa shape index (κ1) is 25.7. The molecule has 5 heterocycles. The summed E-state index contributed by atoms with van der Waals surface area (Å²) in [5.41, 5.74) is 8.14. The van der Waals surface area contributed by atoms with E-state index in [2.05, 4.69) is 26.9 Å². The van der Waals surface area contributed by atoms with Crippen LogP contribution in [-0.4, -0.2) is 49.9 Å². The molecular formula is C28H33F2N7O2. The van der Waals surface area contributed by atoms with E-state index in [1.165, 1.54) is 6.07 Å². The Morgan fingerprint density at radius 1 is 1.05 bits per heavy atom. The lowest BCUT2D eigenvalue weighted by Gasteiger charge is -2.33. The van der Waals surface area contributed by atoms with Crippen molar-refractivity contribution in [3.8, 4) is 5.88 Å². The van der Waals surface area contributed by atoms with E-state index in [1.54, 1.807) is 0 Å². The molecule has 0 bridgehead atoms. The molecule has 3 atom stereocenters. The lowest BCUT2D eigenvalue weighted by molar-refractivity contribution is 0.127. The minimum absolute atomic E-state index is 0.0306. The van der Waals surface area contributed by atoms with Gasteiger partial charge in [-0.2, -0.15) is 9.97 Å². The predicted octanol–water partition coefficient (Wildman–Crippen LogP) is 4.57. The van der Waals surface area contributed by atoms with E-state index in [-0.39, 0.29) is 29.5 Å². The molecule has 2 N–H and O–H groups in total. The monoisotopic (exact) mass is 537 g/mol. The SMILES string of the molecule is CC(C)c1noc(N2CCC([C@H](C)Oc3ccc4c(n3)nc3n4C[C@H](N)[C@@H](c4cc(F)ccc4F)C3)CC2)n1. The van der Waals surface area contributed by atoms with Gasteiger partial charge in [0.25, 0.3) is 0 Å². The number of pyridine rings is 1. The first-order valence-corrected chi connectivity index (χ1v) is 13.6. The number of halogens is 2. The number of fused-ring (bicyclic) bond motifs is 3. The fourth-order valence-electron chi connectivity index (χ4n) is 5.73. The molecule has 0 saturated carbocycles. The molecule has 0 radical (unpaired) electrons. The summed E-state index contributed by atoms with van der Waals surface area (Å²) in [6, 6.07) is 7.52. The molecule has 2 aliphatic heterocycles. The number of imidazole rings is 1. The van der Waals surface area contributed by atoms with E-state index in [0.717, 1.165) is 55.2 Å². The average Bonchev–Trinajstić information content (AvgIpc) is 3.55. The molecule has 0 spiro atoms. The number of hydrogen-bond donors (Lipinski definition) is 1. The van der Waals surface area contributed by atoms with E-state index in [1.807, 2.05) is 30.5 Å². The van der Waals surface area contributed by atoms with Crippen LogP contribution in [0.3, 0.4) is 0 Å². The summed E-state index contributed by atoms with van der Waals surface area (Å²) in [7, 11) is 0. The summed E-state index contributed by atoms with van der Waals surface area (Å²) in [6.07, 6.45) is 2.26. The fraction of sp³-hybridized carbons (Fsp3) is 0.500. The van der Waals surface area contributed by atoms with E-state index in [0.29, 0.717) is 36.4 Å². The van der Waals surface area contributed by atoms with Crippen molar-refractivity contribution in [3.05, 3.63) is 59.2 Å². The topological polar surface area (TPSA) is 108 Å². The number of anilines is 1. The highest BCUT2D eigenvalue weighted by molar-refractivity contribution is 5.72. The van der Waals surface area contributed by atoms with Crippen LogP contribution in [0.5, 0.6) is 5.88 Å². The second kappa shape index (κ2) is 10.2. The van der Waals surface area contributed by atoms with Crippen LogP contribution in [0.1, 0.15) is 62.7 Å². The number of ether oxygens (including phenoxy) is 1. The van der Waals surface area contributed by atoms with Crippen LogP contribution in [0.15, 0.2) is 34.9 Å². The summed E-state index contributed by atoms with van der Waals surface area (Å²) in [5.74, 6) is 1.30. The number of nitrogens with two attached hydrogens (primary N) is 1. The van der Waals surface area contributed by atoms with Crippen molar-refractivity contribution in [1.29, 1.82) is 0 Å². The molecule has 11 heteroatoms. The number of aromatic nitrogens is 5. The zero-order valence-corrected chi connectivity index (χ0v) is 22.3. The molecule has 1 fully saturated rings. The third-order valence-electron chi connectivity index (χ3n) is 8.06. The van der Waals surface area contributed by atoms with Gasteiger partial charge >= 0.3 is 6.01 Å². The van der Waals surface area contributed by atoms with Crippen LogP contribution in [0.25, 0.3) is 11.2 Å². The van der Waals surface area contributed by atoms with E-state index < -0.39 is 11.6 Å². The highest BCUT2D eigenvalue weighted by Gasteiger charge is 2.32. The average molecular weight is 538 g/mol. The second-order valence-electron chi connectivity index (χ2n) is 11.0. The van der Waals surface area contributed by atoms with Gasteiger partial charge in [-0.25, -0.2) is 13.8 Å². The molecule has 4 aromatic rings. The number of piperidine rings is 1. The van der Waals surface area contributed by atoms with Crippen molar-refractivity contribution in [2.45, 2.75) is 70.6 Å². The Bertz CT molecular complexity index is 1480. The quantitative estimate of drug-likeness (QED) is 0.381. The van der Waals surface area contributed by atoms with Gasteiger partial charge in [0.1, 0.15) is 23.6 Å². The summed E-state index contributed by atoms with van der Waals surface area (Å²) in [4.78, 5) is 16.1. The first-order valence-electron chi connectivity index (χ1n) is 13.6. The van der Waals surface area contributed by atoms with Crippen LogP contribution < -0.4 is 15.4 Å². The van der Waals surface area contributed by atoms with Crippen molar-refractivity contribution < 1.29 is 18.0 Å². The van der Waals surface area contributed by atoms with E-state index in [4.69, 9.17) is 20.0 Å². The summed E-state index contributed by atoms with van der Waals surface area (Å²) in [5, 5.41) is 4.07. The Labute approximate surface area is 225 Å². The van der Waals surface area contributed by atoms with Gasteiger partial charge in [0.2, 0.25) is 5.88 Å². The number of benzene rings is 1. The smallest absolute Gasteiger partial charge is 0.324 e. The molecule has 0 amide bonds. The highest BCUT2D eigenvalue weighted by atomic mass is 19.1. The van der Waals surface area contributed by atoms with Gasteiger partial charge in [-0.05, 0) is 55.5 Å². The molecule has 39 heavy (non-hydrogen) atoms. The zero-order valence-electron chi connectivity index (χ0n) is 22.3. The van der Waals surface area contributed by atoms with Crippen LogP contribution in [0, 0.1) is 17.6 Å². The van der Waals surface area contributed by atoms with Crippen LogP contribution >= 0.6 is 0 Å². The standard InChI is InChI=1S/C28H33F2N7O2/c1-15(2)26-34-28(39-35-26)36-10-8-17(9-11-36)16(3)38-25-7-6-23-27(33-25)32-24-13-20(22(31)14-37(23)24)19-12-18(29)4-5-21(19)30/h4-7,12,15-17,20,22H,8-11,13-14,31H2,1-3H3/t16-,20+,22-/m0/s1. The Morgan fingerprint density at radius 2 is 1.85 bits per heavy atom. The molecule has 6 rings (SSSR count). The molecule has 1 saturated heterocycles. The van der Waals surface area contributed by atoms with Gasteiger partial charge in [0.15, 0.2) is 11.5 Å². The maximum Gasteiger partial charge on any atom is 0.324 e. The molecule has 9 nitrogen and oxygen atoms in total. The molecule has 206 valence electrons. The third-order valence-corrected chi connectivity index (χ3v) is 8.06.